The van der Waals surface area contributed by atoms with Crippen molar-refractivity contribution in [2.75, 3.05) is 7.11 Å². The minimum Gasteiger partial charge on any atom is -0.467 e. The number of ether oxygens (including phenoxy) is 2. The van der Waals surface area contributed by atoms with Crippen molar-refractivity contribution in [3.63, 3.8) is 0 Å². The molecule has 1 unspecified atom stereocenters. The third kappa shape index (κ3) is 5.67. The minimum atomic E-state index is -2.92. The number of halogens is 2. The van der Waals surface area contributed by atoms with Gasteiger partial charge in [0.25, 0.3) is 5.91 Å². The standard InChI is InChI=1S/C15H19F2NO4/c1-9(2)8-12(14(20)21-3)18-13(19)10-4-6-11(7-5-10)22-15(16)17/h4-7,9,12,15H,8H2,1-3H3,(H,18,19). The Morgan fingerprint density at radius 3 is 2.23 bits per heavy atom. The Morgan fingerprint density at radius 1 is 1.18 bits per heavy atom. The van der Waals surface area contributed by atoms with Gasteiger partial charge in [0, 0.05) is 5.56 Å². The molecule has 0 fully saturated rings. The number of rotatable bonds is 7. The van der Waals surface area contributed by atoms with Crippen molar-refractivity contribution in [3.05, 3.63) is 29.8 Å². The zero-order chi connectivity index (χ0) is 16.7. The lowest BCUT2D eigenvalue weighted by Gasteiger charge is -2.18. The molecule has 1 rings (SSSR count). The van der Waals surface area contributed by atoms with E-state index in [1.807, 2.05) is 13.8 Å². The average Bonchev–Trinajstić information content (AvgIpc) is 2.45. The zero-order valence-electron chi connectivity index (χ0n) is 12.6. The van der Waals surface area contributed by atoms with Gasteiger partial charge < -0.3 is 14.8 Å². The molecule has 1 amide bonds. The molecule has 1 atom stereocenters. The molecule has 5 nitrogen and oxygen atoms in total. The van der Waals surface area contributed by atoms with Crippen molar-refractivity contribution in [2.45, 2.75) is 32.9 Å². The van der Waals surface area contributed by atoms with Crippen LogP contribution in [0.1, 0.15) is 30.6 Å². The molecule has 22 heavy (non-hydrogen) atoms. The molecule has 1 aromatic carbocycles. The van der Waals surface area contributed by atoms with Crippen molar-refractivity contribution in [1.29, 1.82) is 0 Å². The number of benzene rings is 1. The summed E-state index contributed by atoms with van der Waals surface area (Å²) < 4.78 is 33.0. The molecule has 0 spiro atoms. The largest absolute Gasteiger partial charge is 0.467 e. The van der Waals surface area contributed by atoms with Crippen LogP contribution in [0.5, 0.6) is 5.75 Å². The lowest BCUT2D eigenvalue weighted by Crippen LogP contribution is -2.42. The first-order valence-corrected chi connectivity index (χ1v) is 6.77. The minimum absolute atomic E-state index is 0.0433. The molecule has 0 aromatic heterocycles. The molecule has 0 radical (unpaired) electrons. The number of hydrogen-bond acceptors (Lipinski definition) is 4. The second-order valence-corrected chi connectivity index (χ2v) is 5.08. The summed E-state index contributed by atoms with van der Waals surface area (Å²) in [7, 11) is 1.25. The third-order valence-electron chi connectivity index (χ3n) is 2.84. The number of esters is 1. The maximum absolute atomic E-state index is 12.1. The molecule has 0 saturated carbocycles. The van der Waals surface area contributed by atoms with Crippen LogP contribution in [0.3, 0.4) is 0 Å². The molecule has 7 heteroatoms. The van der Waals surface area contributed by atoms with Gasteiger partial charge in [-0.05, 0) is 36.6 Å². The van der Waals surface area contributed by atoms with Crippen LogP contribution >= 0.6 is 0 Å². The molecule has 122 valence electrons. The van der Waals surface area contributed by atoms with Crippen molar-refractivity contribution in [1.82, 2.24) is 5.32 Å². The lowest BCUT2D eigenvalue weighted by molar-refractivity contribution is -0.143. The molecule has 1 aromatic rings. The van der Waals surface area contributed by atoms with Crippen LogP contribution < -0.4 is 10.1 Å². The van der Waals surface area contributed by atoms with Gasteiger partial charge in [0.05, 0.1) is 7.11 Å². The maximum Gasteiger partial charge on any atom is 0.387 e. The van der Waals surface area contributed by atoms with Crippen molar-refractivity contribution in [3.8, 4) is 5.75 Å². The number of hydrogen-bond donors (Lipinski definition) is 1. The van der Waals surface area contributed by atoms with E-state index in [-0.39, 0.29) is 17.2 Å². The molecule has 0 aliphatic heterocycles. The normalized spacial score (nSPS) is 12.1. The Balaban J connectivity index is 2.74. The summed E-state index contributed by atoms with van der Waals surface area (Å²) in [5.41, 5.74) is 0.235. The van der Waals surface area contributed by atoms with Gasteiger partial charge in [0.15, 0.2) is 0 Å². The van der Waals surface area contributed by atoms with Gasteiger partial charge in [-0.15, -0.1) is 0 Å². The van der Waals surface area contributed by atoms with E-state index in [1.165, 1.54) is 31.4 Å². The van der Waals surface area contributed by atoms with Gasteiger partial charge >= 0.3 is 12.6 Å². The molecule has 1 N–H and O–H groups in total. The van der Waals surface area contributed by atoms with Gasteiger partial charge in [0.1, 0.15) is 11.8 Å². The Labute approximate surface area is 127 Å². The van der Waals surface area contributed by atoms with Crippen LogP contribution in [0.25, 0.3) is 0 Å². The molecule has 0 bridgehead atoms. The van der Waals surface area contributed by atoms with Crippen molar-refractivity contribution >= 4 is 11.9 Å². The molecular weight excluding hydrogens is 296 g/mol. The highest BCUT2D eigenvalue weighted by Crippen LogP contribution is 2.15. The Kier molecular flexibility index (Phi) is 6.75. The topological polar surface area (TPSA) is 64.6 Å². The second-order valence-electron chi connectivity index (χ2n) is 5.08. The van der Waals surface area contributed by atoms with Crippen LogP contribution in [-0.4, -0.2) is 31.6 Å². The number of carbonyl (C=O) groups excluding carboxylic acids is 2. The number of carbonyl (C=O) groups is 2. The van der Waals surface area contributed by atoms with Gasteiger partial charge in [-0.1, -0.05) is 13.8 Å². The van der Waals surface area contributed by atoms with E-state index in [0.717, 1.165) is 0 Å². The number of nitrogens with one attached hydrogen (secondary N) is 1. The Morgan fingerprint density at radius 2 is 1.77 bits per heavy atom. The number of amides is 1. The second kappa shape index (κ2) is 8.31. The molecule has 0 saturated heterocycles. The highest BCUT2D eigenvalue weighted by molar-refractivity contribution is 5.96. The summed E-state index contributed by atoms with van der Waals surface area (Å²) in [5.74, 6) is -0.871. The first kappa shape index (κ1) is 17.9. The van der Waals surface area contributed by atoms with E-state index < -0.39 is 24.5 Å². The summed E-state index contributed by atoms with van der Waals surface area (Å²) in [4.78, 5) is 23.7. The summed E-state index contributed by atoms with van der Waals surface area (Å²) in [5, 5.41) is 2.57. The van der Waals surface area contributed by atoms with Crippen LogP contribution in [0.15, 0.2) is 24.3 Å². The third-order valence-corrected chi connectivity index (χ3v) is 2.84. The van der Waals surface area contributed by atoms with E-state index in [4.69, 9.17) is 0 Å². The van der Waals surface area contributed by atoms with E-state index in [0.29, 0.717) is 6.42 Å². The Hall–Kier alpha value is -2.18. The van der Waals surface area contributed by atoms with E-state index >= 15 is 0 Å². The monoisotopic (exact) mass is 315 g/mol. The number of alkyl halides is 2. The van der Waals surface area contributed by atoms with E-state index in [1.54, 1.807) is 0 Å². The predicted molar refractivity (Wildman–Crippen MR) is 75.8 cm³/mol. The predicted octanol–water partition coefficient (Wildman–Crippen LogP) is 2.61. The first-order valence-electron chi connectivity index (χ1n) is 6.77. The smallest absolute Gasteiger partial charge is 0.387 e. The first-order chi connectivity index (χ1) is 10.3. The van der Waals surface area contributed by atoms with Crippen LogP contribution in [0.4, 0.5) is 8.78 Å². The fourth-order valence-corrected chi connectivity index (χ4v) is 1.86. The van der Waals surface area contributed by atoms with Crippen LogP contribution in [0.2, 0.25) is 0 Å². The van der Waals surface area contributed by atoms with Crippen LogP contribution in [-0.2, 0) is 9.53 Å². The van der Waals surface area contributed by atoms with Crippen molar-refractivity contribution in [2.24, 2.45) is 5.92 Å². The fourth-order valence-electron chi connectivity index (χ4n) is 1.86. The molecule has 0 heterocycles. The lowest BCUT2D eigenvalue weighted by atomic mass is 10.0. The van der Waals surface area contributed by atoms with E-state index in [9.17, 15) is 18.4 Å². The summed E-state index contributed by atoms with van der Waals surface area (Å²) in [6.45, 7) is 0.909. The van der Waals surface area contributed by atoms with Crippen molar-refractivity contribution < 1.29 is 27.8 Å². The molecular formula is C15H19F2NO4. The SMILES string of the molecule is COC(=O)C(CC(C)C)NC(=O)c1ccc(OC(F)F)cc1. The average molecular weight is 315 g/mol. The highest BCUT2D eigenvalue weighted by atomic mass is 19.3. The van der Waals surface area contributed by atoms with Gasteiger partial charge in [-0.25, -0.2) is 4.79 Å². The quantitative estimate of drug-likeness (QED) is 0.786. The van der Waals surface area contributed by atoms with Gasteiger partial charge in [-0.2, -0.15) is 8.78 Å². The number of methoxy groups -OCH3 is 1. The van der Waals surface area contributed by atoms with Gasteiger partial charge in [-0.3, -0.25) is 4.79 Å². The summed E-state index contributed by atoms with van der Waals surface area (Å²) in [6, 6.07) is 4.45. The fraction of sp³-hybridized carbons (Fsp3) is 0.467. The summed E-state index contributed by atoms with van der Waals surface area (Å²) in [6.07, 6.45) is 0.436. The zero-order valence-corrected chi connectivity index (χ0v) is 12.6. The Bertz CT molecular complexity index is 503. The van der Waals surface area contributed by atoms with E-state index in [2.05, 4.69) is 14.8 Å². The highest BCUT2D eigenvalue weighted by Gasteiger charge is 2.23. The van der Waals surface area contributed by atoms with Gasteiger partial charge in [0.2, 0.25) is 0 Å². The molecule has 0 aliphatic carbocycles. The maximum atomic E-state index is 12.1. The van der Waals surface area contributed by atoms with Crippen LogP contribution in [0, 0.1) is 5.92 Å². The summed E-state index contributed by atoms with van der Waals surface area (Å²) >= 11 is 0. The molecule has 0 aliphatic rings.